The number of carbonyl (C=O) groups is 3. The molecule has 370 valence electrons. The second-order valence-corrected chi connectivity index (χ2v) is 18.4. The monoisotopic (exact) mass is 922 g/mol. The Morgan fingerprint density at radius 2 is 0.906 bits per heavy atom. The van der Waals surface area contributed by atoms with Crippen molar-refractivity contribution in [2.45, 2.75) is 231 Å². The number of carboxylic acids is 1. The molecule has 0 rings (SSSR count). The standard InChI is InChI=1S/C52H92NO10P/c1-3-5-7-9-11-13-15-17-19-21-23-24-26-28-30-32-34-36-38-40-42-44-51(56)61-45-48(54)46-62-64(59,60)63-47-49(52(57)58)53-50(55)43-41-39-37-35-33-31-29-27-25-22-20-18-16-14-12-10-8-6-4-2/h5,7,11,13,17,19,23-24,28,30,48-49,54H,3-4,6,8-10,12,14-16,18,20-22,25-27,29,31-47H2,1-2H3,(H,53,55)(H,57,58)(H,59,60)/b7-5-,13-11-,19-17-,24-23-,30-28-. The van der Waals surface area contributed by atoms with Gasteiger partial charge in [0.05, 0.1) is 13.2 Å². The normalized spacial score (nSPS) is 14.1. The molecule has 0 saturated carbocycles. The Morgan fingerprint density at radius 3 is 1.36 bits per heavy atom. The van der Waals surface area contributed by atoms with Gasteiger partial charge in [0.2, 0.25) is 5.91 Å². The maximum Gasteiger partial charge on any atom is 0.472 e. The summed E-state index contributed by atoms with van der Waals surface area (Å²) in [6.07, 6.45) is 55.2. The highest BCUT2D eigenvalue weighted by Gasteiger charge is 2.28. The van der Waals surface area contributed by atoms with Crippen molar-refractivity contribution in [1.29, 1.82) is 0 Å². The Labute approximate surface area is 389 Å². The van der Waals surface area contributed by atoms with Crippen LogP contribution in [0.3, 0.4) is 0 Å². The van der Waals surface area contributed by atoms with Crippen molar-refractivity contribution < 1.29 is 47.8 Å². The number of amides is 1. The molecule has 0 radical (unpaired) electrons. The second-order valence-electron chi connectivity index (χ2n) is 17.0. The van der Waals surface area contributed by atoms with E-state index in [0.717, 1.165) is 83.5 Å². The minimum absolute atomic E-state index is 0.146. The van der Waals surface area contributed by atoms with E-state index in [2.05, 4.69) is 79.9 Å². The number of carbonyl (C=O) groups excluding carboxylic acids is 2. The molecule has 12 heteroatoms. The molecule has 0 spiro atoms. The van der Waals surface area contributed by atoms with E-state index in [1.807, 2.05) is 0 Å². The van der Waals surface area contributed by atoms with Gasteiger partial charge in [0.1, 0.15) is 12.7 Å². The number of unbranched alkanes of at least 4 members (excludes halogenated alkanes) is 23. The zero-order valence-corrected chi connectivity index (χ0v) is 41.2. The summed E-state index contributed by atoms with van der Waals surface area (Å²) in [6.45, 7) is 2.49. The number of carboxylic acid groups (broad SMARTS) is 1. The molecule has 0 aromatic heterocycles. The summed E-state index contributed by atoms with van der Waals surface area (Å²) in [7, 11) is -4.77. The molecule has 0 aromatic carbocycles. The summed E-state index contributed by atoms with van der Waals surface area (Å²) in [4.78, 5) is 46.1. The summed E-state index contributed by atoms with van der Waals surface area (Å²) >= 11 is 0. The fourth-order valence-electron chi connectivity index (χ4n) is 6.93. The van der Waals surface area contributed by atoms with Gasteiger partial charge in [0.25, 0.3) is 0 Å². The average molecular weight is 922 g/mol. The highest BCUT2D eigenvalue weighted by molar-refractivity contribution is 7.47. The number of phosphoric acid groups is 1. The average Bonchev–Trinajstić information content (AvgIpc) is 3.27. The zero-order valence-electron chi connectivity index (χ0n) is 40.3. The lowest BCUT2D eigenvalue weighted by Gasteiger charge is -2.18. The first-order valence-electron chi connectivity index (χ1n) is 25.3. The van der Waals surface area contributed by atoms with Gasteiger partial charge in [-0.05, 0) is 57.8 Å². The van der Waals surface area contributed by atoms with Crippen molar-refractivity contribution >= 4 is 25.7 Å². The van der Waals surface area contributed by atoms with Gasteiger partial charge in [-0.2, -0.15) is 0 Å². The van der Waals surface area contributed by atoms with Crippen LogP contribution in [-0.2, 0) is 32.7 Å². The summed E-state index contributed by atoms with van der Waals surface area (Å²) in [6, 6.07) is -1.55. The predicted octanol–water partition coefficient (Wildman–Crippen LogP) is 13.9. The van der Waals surface area contributed by atoms with Crippen molar-refractivity contribution in [3.05, 3.63) is 60.8 Å². The zero-order chi connectivity index (χ0) is 47.0. The van der Waals surface area contributed by atoms with Gasteiger partial charge in [-0.3, -0.25) is 18.6 Å². The largest absolute Gasteiger partial charge is 0.480 e. The van der Waals surface area contributed by atoms with E-state index in [9.17, 15) is 34.1 Å². The van der Waals surface area contributed by atoms with Crippen LogP contribution >= 0.6 is 7.82 Å². The number of aliphatic hydroxyl groups excluding tert-OH is 1. The SMILES string of the molecule is CC/C=C\C/C=C\C/C=C\C/C=C\C/C=C\CCCCCCCC(=O)OCC(O)COP(=O)(O)OCC(NC(=O)CCCCCCCCCCCCCCCCCCCCC)C(=O)O. The van der Waals surface area contributed by atoms with E-state index in [0.29, 0.717) is 12.8 Å². The predicted molar refractivity (Wildman–Crippen MR) is 263 cm³/mol. The Balaban J connectivity index is 3.86. The number of aliphatic hydroxyl groups is 1. The first-order chi connectivity index (χ1) is 31.1. The van der Waals surface area contributed by atoms with Gasteiger partial charge in [-0.15, -0.1) is 0 Å². The molecule has 0 fully saturated rings. The first kappa shape index (κ1) is 61.2. The van der Waals surface area contributed by atoms with Crippen LogP contribution in [0.1, 0.15) is 219 Å². The number of ether oxygens (including phenoxy) is 1. The van der Waals surface area contributed by atoms with E-state index in [4.69, 9.17) is 13.8 Å². The minimum atomic E-state index is -4.77. The third-order valence-corrected chi connectivity index (χ3v) is 11.8. The third-order valence-electron chi connectivity index (χ3n) is 10.8. The van der Waals surface area contributed by atoms with Gasteiger partial charge in [-0.1, -0.05) is 209 Å². The van der Waals surface area contributed by atoms with Gasteiger partial charge in [0.15, 0.2) is 6.04 Å². The van der Waals surface area contributed by atoms with Crippen molar-refractivity contribution in [3.63, 3.8) is 0 Å². The topological polar surface area (TPSA) is 169 Å². The van der Waals surface area contributed by atoms with Gasteiger partial charge >= 0.3 is 19.8 Å². The summed E-state index contributed by atoms with van der Waals surface area (Å²) < 4.78 is 26.9. The molecule has 3 atom stereocenters. The molecule has 0 aliphatic carbocycles. The molecule has 0 aromatic rings. The molecule has 0 saturated heterocycles. The maximum atomic E-state index is 12.4. The van der Waals surface area contributed by atoms with Crippen molar-refractivity contribution in [3.8, 4) is 0 Å². The number of esters is 1. The van der Waals surface area contributed by atoms with Crippen LogP contribution in [0.15, 0.2) is 60.8 Å². The highest BCUT2D eigenvalue weighted by Crippen LogP contribution is 2.43. The van der Waals surface area contributed by atoms with Crippen molar-refractivity contribution in [2.75, 3.05) is 19.8 Å². The highest BCUT2D eigenvalue weighted by atomic mass is 31.2. The lowest BCUT2D eigenvalue weighted by Crippen LogP contribution is -2.43. The smallest absolute Gasteiger partial charge is 0.472 e. The lowest BCUT2D eigenvalue weighted by atomic mass is 10.0. The van der Waals surface area contributed by atoms with Crippen molar-refractivity contribution in [2.24, 2.45) is 0 Å². The number of rotatable bonds is 47. The molecule has 3 unspecified atom stereocenters. The molecule has 11 nitrogen and oxygen atoms in total. The Hall–Kier alpha value is -2.82. The van der Waals surface area contributed by atoms with Crippen LogP contribution in [0.4, 0.5) is 0 Å². The third kappa shape index (κ3) is 45.7. The van der Waals surface area contributed by atoms with Gasteiger partial charge in [0, 0.05) is 12.8 Å². The summed E-state index contributed by atoms with van der Waals surface area (Å²) in [5, 5.41) is 21.9. The molecule has 1 amide bonds. The fourth-order valence-corrected chi connectivity index (χ4v) is 7.70. The van der Waals surface area contributed by atoms with Crippen LogP contribution in [0.25, 0.3) is 0 Å². The summed E-state index contributed by atoms with van der Waals surface area (Å²) in [5.74, 6) is -2.39. The quantitative estimate of drug-likeness (QED) is 0.0199. The number of phosphoric ester groups is 1. The number of nitrogens with one attached hydrogen (secondary N) is 1. The maximum absolute atomic E-state index is 12.4. The van der Waals surface area contributed by atoms with Crippen LogP contribution < -0.4 is 5.32 Å². The molecular formula is C52H92NO10P. The van der Waals surface area contributed by atoms with E-state index in [-0.39, 0.29) is 12.8 Å². The molecule has 0 bridgehead atoms. The van der Waals surface area contributed by atoms with Gasteiger partial charge < -0.3 is 25.2 Å². The number of hydrogen-bond donors (Lipinski definition) is 4. The Morgan fingerprint density at radius 1 is 0.516 bits per heavy atom. The van der Waals surface area contributed by atoms with E-state index in [1.165, 1.54) is 96.3 Å². The lowest BCUT2D eigenvalue weighted by molar-refractivity contribution is -0.147. The van der Waals surface area contributed by atoms with Crippen LogP contribution in [0, 0.1) is 0 Å². The minimum Gasteiger partial charge on any atom is -0.480 e. The molecule has 64 heavy (non-hydrogen) atoms. The van der Waals surface area contributed by atoms with E-state index >= 15 is 0 Å². The molecule has 0 aliphatic rings. The number of allylic oxidation sites excluding steroid dienone is 10. The number of aliphatic carboxylic acids is 1. The van der Waals surface area contributed by atoms with Crippen LogP contribution in [-0.4, -0.2) is 64.9 Å². The van der Waals surface area contributed by atoms with Crippen LogP contribution in [0.5, 0.6) is 0 Å². The second kappa shape index (κ2) is 46.7. The van der Waals surface area contributed by atoms with Gasteiger partial charge in [-0.25, -0.2) is 9.36 Å². The molecule has 4 N–H and O–H groups in total. The molecule has 0 aliphatic heterocycles. The Bertz CT molecular complexity index is 1310. The van der Waals surface area contributed by atoms with Crippen molar-refractivity contribution in [1.82, 2.24) is 5.32 Å². The summed E-state index contributed by atoms with van der Waals surface area (Å²) in [5.41, 5.74) is 0. The molecule has 0 heterocycles. The molecular weight excluding hydrogens is 830 g/mol. The fraction of sp³-hybridized carbons (Fsp3) is 0.750. The number of hydrogen-bond acceptors (Lipinski definition) is 8. The van der Waals surface area contributed by atoms with E-state index in [1.54, 1.807) is 0 Å². The van der Waals surface area contributed by atoms with E-state index < -0.39 is 57.6 Å². The first-order valence-corrected chi connectivity index (χ1v) is 26.8. The van der Waals surface area contributed by atoms with Crippen LogP contribution in [0.2, 0.25) is 0 Å². The Kier molecular flexibility index (Phi) is 44.6.